The Morgan fingerprint density at radius 2 is 1.73 bits per heavy atom. The Kier molecular flexibility index (Phi) is 2.04. The van der Waals surface area contributed by atoms with Gasteiger partial charge in [0.25, 0.3) is 5.91 Å². The summed E-state index contributed by atoms with van der Waals surface area (Å²) < 4.78 is 0. The van der Waals surface area contributed by atoms with E-state index < -0.39 is 0 Å². The molecule has 0 spiro atoms. The third-order valence-electron chi connectivity index (χ3n) is 2.31. The van der Waals surface area contributed by atoms with E-state index in [9.17, 15) is 9.59 Å². The second-order valence-electron chi connectivity index (χ2n) is 3.26. The van der Waals surface area contributed by atoms with Crippen molar-refractivity contribution in [3.63, 3.8) is 0 Å². The molecule has 0 aliphatic carbocycles. The second-order valence-corrected chi connectivity index (χ2v) is 3.26. The van der Waals surface area contributed by atoms with Gasteiger partial charge in [0, 0.05) is 7.05 Å². The number of urea groups is 1. The highest BCUT2D eigenvalue weighted by Gasteiger charge is 2.37. The predicted molar refractivity (Wildman–Crippen MR) is 56.2 cm³/mol. The standard InChI is InChI=1S/C11H10N2O2/c1-8-10(14)12(2)11(15)13(8)9-6-4-3-5-7-9/h3-7H,1H2,2H3. The van der Waals surface area contributed by atoms with E-state index in [2.05, 4.69) is 6.58 Å². The number of likely N-dealkylation sites (N-methyl/N-ethyl adjacent to an activating group) is 1. The van der Waals surface area contributed by atoms with Crippen molar-refractivity contribution in [2.75, 3.05) is 11.9 Å². The third kappa shape index (κ3) is 1.30. The van der Waals surface area contributed by atoms with Crippen LogP contribution in [0.2, 0.25) is 0 Å². The van der Waals surface area contributed by atoms with Gasteiger partial charge >= 0.3 is 6.03 Å². The van der Waals surface area contributed by atoms with E-state index in [-0.39, 0.29) is 17.6 Å². The van der Waals surface area contributed by atoms with Crippen molar-refractivity contribution in [2.45, 2.75) is 0 Å². The van der Waals surface area contributed by atoms with Crippen molar-refractivity contribution in [2.24, 2.45) is 0 Å². The monoisotopic (exact) mass is 202 g/mol. The minimum atomic E-state index is -0.365. The van der Waals surface area contributed by atoms with Crippen LogP contribution in [0.1, 0.15) is 0 Å². The molecular formula is C11H10N2O2. The van der Waals surface area contributed by atoms with Gasteiger partial charge in [0.05, 0.1) is 5.69 Å². The summed E-state index contributed by atoms with van der Waals surface area (Å²) in [6, 6.07) is 8.61. The highest BCUT2D eigenvalue weighted by molar-refractivity contribution is 6.20. The fourth-order valence-corrected chi connectivity index (χ4v) is 1.48. The largest absolute Gasteiger partial charge is 0.336 e. The molecule has 0 bridgehead atoms. The van der Waals surface area contributed by atoms with E-state index in [0.29, 0.717) is 5.69 Å². The number of hydrogen-bond donors (Lipinski definition) is 0. The van der Waals surface area contributed by atoms with Gasteiger partial charge in [0.1, 0.15) is 5.70 Å². The van der Waals surface area contributed by atoms with Gasteiger partial charge in [0.15, 0.2) is 0 Å². The van der Waals surface area contributed by atoms with Crippen LogP contribution in [0, 0.1) is 0 Å². The Bertz CT molecular complexity index is 439. The number of rotatable bonds is 1. The number of carbonyl (C=O) groups excluding carboxylic acids is 2. The van der Waals surface area contributed by atoms with Crippen molar-refractivity contribution in [1.82, 2.24) is 4.90 Å². The van der Waals surface area contributed by atoms with E-state index in [1.807, 2.05) is 6.07 Å². The quantitative estimate of drug-likeness (QED) is 0.512. The molecule has 0 unspecified atom stereocenters. The van der Waals surface area contributed by atoms with Crippen LogP contribution < -0.4 is 4.90 Å². The zero-order chi connectivity index (χ0) is 11.0. The molecule has 1 saturated heterocycles. The lowest BCUT2D eigenvalue weighted by molar-refractivity contribution is -0.121. The Hall–Kier alpha value is -2.10. The van der Waals surface area contributed by atoms with Crippen LogP contribution in [0.3, 0.4) is 0 Å². The zero-order valence-corrected chi connectivity index (χ0v) is 8.30. The summed E-state index contributed by atoms with van der Waals surface area (Å²) >= 11 is 0. The lowest BCUT2D eigenvalue weighted by Crippen LogP contribution is -2.29. The molecular weight excluding hydrogens is 192 g/mol. The molecule has 1 fully saturated rings. The molecule has 0 aromatic heterocycles. The summed E-state index contributed by atoms with van der Waals surface area (Å²) in [6.07, 6.45) is 0. The maximum absolute atomic E-state index is 11.7. The van der Waals surface area contributed by atoms with E-state index in [1.165, 1.54) is 11.9 Å². The van der Waals surface area contributed by atoms with Crippen LogP contribution in [0.5, 0.6) is 0 Å². The maximum Gasteiger partial charge on any atom is 0.336 e. The highest BCUT2D eigenvalue weighted by Crippen LogP contribution is 2.25. The molecule has 2 rings (SSSR count). The van der Waals surface area contributed by atoms with E-state index in [4.69, 9.17) is 0 Å². The molecule has 4 heteroatoms. The van der Waals surface area contributed by atoms with Gasteiger partial charge in [-0.1, -0.05) is 24.8 Å². The minimum absolute atomic E-state index is 0.189. The number of anilines is 1. The normalized spacial score (nSPS) is 16.5. The molecule has 0 radical (unpaired) electrons. The number of para-hydroxylation sites is 1. The fraction of sp³-hybridized carbons (Fsp3) is 0.0909. The highest BCUT2D eigenvalue weighted by atomic mass is 16.2. The molecule has 1 aliphatic heterocycles. The molecule has 1 aromatic rings. The number of imide groups is 1. The maximum atomic E-state index is 11.7. The molecule has 0 saturated carbocycles. The Labute approximate surface area is 87.4 Å². The van der Waals surface area contributed by atoms with Crippen LogP contribution >= 0.6 is 0 Å². The smallest absolute Gasteiger partial charge is 0.267 e. The fourth-order valence-electron chi connectivity index (χ4n) is 1.48. The summed E-state index contributed by atoms with van der Waals surface area (Å²) in [5.74, 6) is -0.358. The summed E-state index contributed by atoms with van der Waals surface area (Å²) in [5, 5.41) is 0. The van der Waals surface area contributed by atoms with Crippen molar-refractivity contribution in [3.05, 3.63) is 42.6 Å². The van der Waals surface area contributed by atoms with Gasteiger partial charge in [-0.3, -0.25) is 14.6 Å². The Morgan fingerprint density at radius 3 is 2.20 bits per heavy atom. The third-order valence-corrected chi connectivity index (χ3v) is 2.31. The van der Waals surface area contributed by atoms with Crippen molar-refractivity contribution < 1.29 is 9.59 Å². The van der Waals surface area contributed by atoms with Crippen LogP contribution in [0.15, 0.2) is 42.6 Å². The van der Waals surface area contributed by atoms with Gasteiger partial charge in [-0.25, -0.2) is 4.79 Å². The molecule has 15 heavy (non-hydrogen) atoms. The van der Waals surface area contributed by atoms with Gasteiger partial charge in [-0.2, -0.15) is 0 Å². The summed E-state index contributed by atoms with van der Waals surface area (Å²) in [7, 11) is 1.44. The molecule has 1 aromatic carbocycles. The lowest BCUT2D eigenvalue weighted by atomic mass is 10.3. The van der Waals surface area contributed by atoms with E-state index >= 15 is 0 Å². The van der Waals surface area contributed by atoms with E-state index in [1.54, 1.807) is 24.3 Å². The van der Waals surface area contributed by atoms with Crippen LogP contribution in [-0.4, -0.2) is 23.9 Å². The molecule has 0 atom stereocenters. The van der Waals surface area contributed by atoms with Crippen LogP contribution in [0.4, 0.5) is 10.5 Å². The summed E-state index contributed by atoms with van der Waals surface area (Å²) in [6.45, 7) is 3.61. The van der Waals surface area contributed by atoms with Gasteiger partial charge in [-0.05, 0) is 12.1 Å². The number of hydrogen-bond acceptors (Lipinski definition) is 2. The number of benzene rings is 1. The summed E-state index contributed by atoms with van der Waals surface area (Å²) in [4.78, 5) is 25.5. The first kappa shape index (κ1) is 9.45. The van der Waals surface area contributed by atoms with Gasteiger partial charge in [0.2, 0.25) is 0 Å². The van der Waals surface area contributed by atoms with Crippen molar-refractivity contribution >= 4 is 17.6 Å². The second kappa shape index (κ2) is 3.24. The average molecular weight is 202 g/mol. The first-order valence-electron chi connectivity index (χ1n) is 4.49. The van der Waals surface area contributed by atoms with Crippen molar-refractivity contribution in [1.29, 1.82) is 0 Å². The Balaban J connectivity index is 2.44. The van der Waals surface area contributed by atoms with Gasteiger partial charge < -0.3 is 0 Å². The number of carbonyl (C=O) groups is 2. The molecule has 1 heterocycles. The van der Waals surface area contributed by atoms with Crippen molar-refractivity contribution in [3.8, 4) is 0 Å². The zero-order valence-electron chi connectivity index (χ0n) is 8.30. The molecule has 3 amide bonds. The predicted octanol–water partition coefficient (Wildman–Crippen LogP) is 1.60. The minimum Gasteiger partial charge on any atom is -0.267 e. The molecule has 4 nitrogen and oxygen atoms in total. The number of nitrogens with zero attached hydrogens (tertiary/aromatic N) is 2. The molecule has 1 aliphatic rings. The van der Waals surface area contributed by atoms with Crippen LogP contribution in [0.25, 0.3) is 0 Å². The average Bonchev–Trinajstić information content (AvgIpc) is 2.45. The van der Waals surface area contributed by atoms with Gasteiger partial charge in [-0.15, -0.1) is 0 Å². The first-order chi connectivity index (χ1) is 7.13. The Morgan fingerprint density at radius 1 is 1.13 bits per heavy atom. The topological polar surface area (TPSA) is 40.6 Å². The first-order valence-corrected chi connectivity index (χ1v) is 4.49. The van der Waals surface area contributed by atoms with E-state index in [0.717, 1.165) is 4.90 Å². The van der Waals surface area contributed by atoms with Crippen LogP contribution in [-0.2, 0) is 4.79 Å². The number of amides is 3. The summed E-state index contributed by atoms with van der Waals surface area (Å²) in [5.41, 5.74) is 0.846. The lowest BCUT2D eigenvalue weighted by Gasteiger charge is -2.14. The molecule has 76 valence electrons. The SMILES string of the molecule is C=C1C(=O)N(C)C(=O)N1c1ccccc1. The molecule has 0 N–H and O–H groups in total.